The van der Waals surface area contributed by atoms with Gasteiger partial charge in [-0.3, -0.25) is 9.36 Å². The van der Waals surface area contributed by atoms with Gasteiger partial charge in [0.05, 0.1) is 16.2 Å². The van der Waals surface area contributed by atoms with Crippen molar-refractivity contribution in [3.05, 3.63) is 27.9 Å². The van der Waals surface area contributed by atoms with Gasteiger partial charge in [-0.05, 0) is 33.2 Å². The maximum atomic E-state index is 11.9. The Morgan fingerprint density at radius 3 is 2.57 bits per heavy atom. The van der Waals surface area contributed by atoms with Crippen LogP contribution in [-0.2, 0) is 0 Å². The zero-order valence-corrected chi connectivity index (χ0v) is 14.0. The van der Waals surface area contributed by atoms with Gasteiger partial charge in [-0.2, -0.15) is 0 Å². The number of carbonyl (C=O) groups excluding carboxylic acids is 1. The molecular weight excluding hydrogens is 311 g/mol. The van der Waals surface area contributed by atoms with Crippen molar-refractivity contribution in [2.24, 2.45) is 0 Å². The van der Waals surface area contributed by atoms with Crippen molar-refractivity contribution in [1.29, 1.82) is 0 Å². The maximum absolute atomic E-state index is 11.9. The number of benzene rings is 1. The van der Waals surface area contributed by atoms with E-state index in [-0.39, 0.29) is 5.91 Å². The van der Waals surface area contributed by atoms with Crippen LogP contribution in [0.2, 0.25) is 10.0 Å². The monoisotopic (exact) mass is 328 g/mol. The van der Waals surface area contributed by atoms with Gasteiger partial charge in [0.1, 0.15) is 12.4 Å². The van der Waals surface area contributed by atoms with Crippen LogP contribution in [0.5, 0.6) is 5.75 Å². The zero-order chi connectivity index (χ0) is 15.7. The Bertz CT molecular complexity index is 693. The number of hydrogen-bond acceptors (Lipinski definition) is 3. The fraction of sp³-hybridized carbons (Fsp3) is 0.400. The highest BCUT2D eigenvalue weighted by Gasteiger charge is 2.20. The molecule has 0 atom stereocenters. The molecule has 1 heterocycles. The molecular formula is C15H18Cl2N2O2. The third-order valence-corrected chi connectivity index (χ3v) is 3.77. The molecule has 0 fully saturated rings. The summed E-state index contributed by atoms with van der Waals surface area (Å²) in [6.45, 7) is 4.65. The summed E-state index contributed by atoms with van der Waals surface area (Å²) in [5.41, 5.74) is 1.38. The second-order valence-electron chi connectivity index (χ2n) is 5.20. The lowest BCUT2D eigenvalue weighted by Gasteiger charge is -2.11. The fourth-order valence-electron chi connectivity index (χ4n) is 2.34. The quantitative estimate of drug-likeness (QED) is 0.854. The molecule has 2 aromatic rings. The molecule has 0 aliphatic carbocycles. The number of aromatic nitrogens is 1. The second kappa shape index (κ2) is 6.26. The number of nitrogens with zero attached hydrogens (tertiary/aromatic N) is 2. The van der Waals surface area contributed by atoms with Crippen LogP contribution < -0.4 is 4.74 Å². The topological polar surface area (TPSA) is 34.5 Å². The van der Waals surface area contributed by atoms with Crippen LogP contribution in [-0.4, -0.2) is 42.6 Å². The van der Waals surface area contributed by atoms with E-state index in [0.29, 0.717) is 27.9 Å². The van der Waals surface area contributed by atoms with E-state index in [4.69, 9.17) is 27.9 Å². The summed E-state index contributed by atoms with van der Waals surface area (Å²) >= 11 is 12.3. The van der Waals surface area contributed by atoms with Gasteiger partial charge in [0, 0.05) is 23.9 Å². The molecule has 0 bridgehead atoms. The predicted octanol–water partition coefficient (Wildman–Crippen LogP) is 3.86. The maximum Gasteiger partial charge on any atom is 0.228 e. The van der Waals surface area contributed by atoms with E-state index >= 15 is 0 Å². The molecule has 21 heavy (non-hydrogen) atoms. The van der Waals surface area contributed by atoms with Crippen LogP contribution in [0.3, 0.4) is 0 Å². The lowest BCUT2D eigenvalue weighted by molar-refractivity contribution is 0.0938. The molecule has 4 nitrogen and oxygen atoms in total. The van der Waals surface area contributed by atoms with Gasteiger partial charge in [-0.15, -0.1) is 0 Å². The Hall–Kier alpha value is -1.23. The molecule has 2 rings (SSSR count). The van der Waals surface area contributed by atoms with E-state index in [9.17, 15) is 4.79 Å². The number of hydrogen-bond donors (Lipinski definition) is 0. The van der Waals surface area contributed by atoms with Crippen LogP contribution in [0, 0.1) is 6.92 Å². The minimum atomic E-state index is -0.107. The molecule has 0 N–H and O–H groups in total. The highest BCUT2D eigenvalue weighted by molar-refractivity contribution is 6.39. The van der Waals surface area contributed by atoms with E-state index in [1.54, 1.807) is 16.7 Å². The van der Waals surface area contributed by atoms with Crippen molar-refractivity contribution in [1.82, 2.24) is 9.47 Å². The summed E-state index contributed by atoms with van der Waals surface area (Å²) in [5, 5.41) is 1.72. The van der Waals surface area contributed by atoms with Crippen LogP contribution in [0.15, 0.2) is 12.1 Å². The van der Waals surface area contributed by atoms with Gasteiger partial charge in [-0.1, -0.05) is 23.2 Å². The van der Waals surface area contributed by atoms with Crippen molar-refractivity contribution in [3.8, 4) is 5.75 Å². The molecule has 6 heteroatoms. The minimum absolute atomic E-state index is 0.107. The Balaban J connectivity index is 2.58. The van der Waals surface area contributed by atoms with E-state index in [1.807, 2.05) is 25.9 Å². The first-order valence-electron chi connectivity index (χ1n) is 6.61. The molecule has 0 aliphatic rings. The van der Waals surface area contributed by atoms with Crippen molar-refractivity contribution >= 4 is 40.0 Å². The van der Waals surface area contributed by atoms with Crippen LogP contribution in [0.1, 0.15) is 17.4 Å². The number of ether oxygens (including phenoxy) is 1. The third kappa shape index (κ3) is 3.18. The van der Waals surface area contributed by atoms with Gasteiger partial charge < -0.3 is 9.64 Å². The zero-order valence-electron chi connectivity index (χ0n) is 12.5. The van der Waals surface area contributed by atoms with Crippen molar-refractivity contribution in [2.45, 2.75) is 13.8 Å². The molecule has 0 saturated carbocycles. The number of carbonyl (C=O) groups is 1. The van der Waals surface area contributed by atoms with E-state index < -0.39 is 0 Å². The average molecular weight is 329 g/mol. The number of halogens is 2. The van der Waals surface area contributed by atoms with Gasteiger partial charge >= 0.3 is 0 Å². The van der Waals surface area contributed by atoms with Gasteiger partial charge in [-0.25, -0.2) is 0 Å². The molecule has 1 aromatic heterocycles. The number of fused-ring (bicyclic) bond motifs is 1. The standard InChI is InChI=1S/C15H18Cl2N2O2/c1-9-15(21-6-5-18(3)4)12-7-11(16)8-13(17)14(12)19(9)10(2)20/h7-8H,5-6H2,1-4H3. The molecule has 0 radical (unpaired) electrons. The molecule has 1 aromatic carbocycles. The van der Waals surface area contributed by atoms with E-state index in [2.05, 4.69) is 0 Å². The largest absolute Gasteiger partial charge is 0.490 e. The Kier molecular flexibility index (Phi) is 4.81. The SMILES string of the molecule is CC(=O)n1c(C)c(OCCN(C)C)c2cc(Cl)cc(Cl)c21. The molecule has 0 unspecified atom stereocenters. The van der Waals surface area contributed by atoms with E-state index in [1.165, 1.54) is 6.92 Å². The van der Waals surface area contributed by atoms with Crippen LogP contribution in [0.4, 0.5) is 0 Å². The molecule has 0 aliphatic heterocycles. The Morgan fingerprint density at radius 2 is 2.00 bits per heavy atom. The summed E-state index contributed by atoms with van der Waals surface area (Å²) in [6, 6.07) is 3.41. The minimum Gasteiger partial charge on any atom is -0.490 e. The molecule has 0 spiro atoms. The van der Waals surface area contributed by atoms with Crippen LogP contribution >= 0.6 is 23.2 Å². The van der Waals surface area contributed by atoms with Gasteiger partial charge in [0.15, 0.2) is 0 Å². The van der Waals surface area contributed by atoms with Gasteiger partial charge in [0.2, 0.25) is 5.91 Å². The summed E-state index contributed by atoms with van der Waals surface area (Å²) in [7, 11) is 3.95. The third-order valence-electron chi connectivity index (χ3n) is 3.26. The highest BCUT2D eigenvalue weighted by Crippen LogP contribution is 2.38. The van der Waals surface area contributed by atoms with Gasteiger partial charge in [0.25, 0.3) is 0 Å². The average Bonchev–Trinajstić information content (AvgIpc) is 2.63. The lowest BCUT2D eigenvalue weighted by atomic mass is 10.2. The van der Waals surface area contributed by atoms with Crippen LogP contribution in [0.25, 0.3) is 10.9 Å². The molecule has 0 saturated heterocycles. The van der Waals surface area contributed by atoms with E-state index in [0.717, 1.165) is 17.6 Å². The molecule has 114 valence electrons. The first-order valence-corrected chi connectivity index (χ1v) is 7.37. The first kappa shape index (κ1) is 16.1. The fourth-order valence-corrected chi connectivity index (χ4v) is 2.91. The predicted molar refractivity (Wildman–Crippen MR) is 87.0 cm³/mol. The smallest absolute Gasteiger partial charge is 0.228 e. The summed E-state index contributed by atoms with van der Waals surface area (Å²) in [4.78, 5) is 13.9. The lowest BCUT2D eigenvalue weighted by Crippen LogP contribution is -2.19. The number of rotatable bonds is 4. The summed E-state index contributed by atoms with van der Waals surface area (Å²) in [6.07, 6.45) is 0. The van der Waals surface area contributed by atoms with Crippen molar-refractivity contribution in [2.75, 3.05) is 27.2 Å². The summed E-state index contributed by atoms with van der Waals surface area (Å²) < 4.78 is 7.44. The first-order chi connectivity index (χ1) is 9.82. The normalized spacial score (nSPS) is 11.4. The summed E-state index contributed by atoms with van der Waals surface area (Å²) in [5.74, 6) is 0.552. The molecule has 0 amide bonds. The number of likely N-dealkylation sites (N-methyl/N-ethyl adjacent to an activating group) is 1. The van der Waals surface area contributed by atoms with Crippen molar-refractivity contribution < 1.29 is 9.53 Å². The Morgan fingerprint density at radius 1 is 1.33 bits per heavy atom. The Labute approximate surface area is 134 Å². The van der Waals surface area contributed by atoms with Crippen molar-refractivity contribution in [3.63, 3.8) is 0 Å². The second-order valence-corrected chi connectivity index (χ2v) is 6.05. The highest BCUT2D eigenvalue weighted by atomic mass is 35.5.